The third kappa shape index (κ3) is 3.98. The van der Waals surface area contributed by atoms with E-state index in [1.165, 1.54) is 70.8 Å². The molecule has 0 amide bonds. The van der Waals surface area contributed by atoms with E-state index in [9.17, 15) is 0 Å². The summed E-state index contributed by atoms with van der Waals surface area (Å²) in [6, 6.07) is 2.39. The van der Waals surface area contributed by atoms with Crippen LogP contribution in [0.3, 0.4) is 0 Å². The molecule has 0 saturated heterocycles. The average Bonchev–Trinajstić information content (AvgIpc) is 2.50. The molecule has 20 heavy (non-hydrogen) atoms. The lowest BCUT2D eigenvalue weighted by atomic mass is 9.78. The highest BCUT2D eigenvalue weighted by Crippen LogP contribution is 2.34. The van der Waals surface area contributed by atoms with E-state index >= 15 is 0 Å². The lowest BCUT2D eigenvalue weighted by Gasteiger charge is -2.46. The minimum Gasteiger partial charge on any atom is -0.315 e. The van der Waals surface area contributed by atoms with Gasteiger partial charge in [-0.05, 0) is 51.6 Å². The second kappa shape index (κ2) is 8.38. The normalized spacial score (nSPS) is 32.7. The van der Waals surface area contributed by atoms with Crippen molar-refractivity contribution in [3.05, 3.63) is 0 Å². The Morgan fingerprint density at radius 2 is 1.75 bits per heavy atom. The summed E-state index contributed by atoms with van der Waals surface area (Å²) in [4.78, 5) is 2.88. The van der Waals surface area contributed by atoms with E-state index in [2.05, 4.69) is 31.1 Å². The van der Waals surface area contributed by atoms with Gasteiger partial charge < -0.3 is 5.32 Å². The van der Waals surface area contributed by atoms with Crippen molar-refractivity contribution in [1.29, 1.82) is 0 Å². The summed E-state index contributed by atoms with van der Waals surface area (Å²) in [5.74, 6) is 0.979. The fourth-order valence-electron chi connectivity index (χ4n) is 4.78. The van der Waals surface area contributed by atoms with Gasteiger partial charge in [0, 0.05) is 18.1 Å². The van der Waals surface area contributed by atoms with Crippen molar-refractivity contribution in [3.8, 4) is 0 Å². The molecule has 118 valence electrons. The zero-order valence-electron chi connectivity index (χ0n) is 14.0. The molecule has 0 aromatic carbocycles. The van der Waals surface area contributed by atoms with Crippen LogP contribution >= 0.6 is 0 Å². The first-order valence-corrected chi connectivity index (χ1v) is 9.23. The van der Waals surface area contributed by atoms with Gasteiger partial charge in [0.25, 0.3) is 0 Å². The number of hydrogen-bond acceptors (Lipinski definition) is 2. The third-order valence-electron chi connectivity index (χ3n) is 5.83. The quantitative estimate of drug-likeness (QED) is 0.784. The largest absolute Gasteiger partial charge is 0.315 e. The fourth-order valence-corrected chi connectivity index (χ4v) is 4.78. The molecule has 0 spiro atoms. The highest BCUT2D eigenvalue weighted by molar-refractivity contribution is 4.93. The molecule has 2 heteroatoms. The molecule has 2 aliphatic rings. The molecule has 0 radical (unpaired) electrons. The Labute approximate surface area is 126 Å². The van der Waals surface area contributed by atoms with Crippen LogP contribution in [0.5, 0.6) is 0 Å². The second-order valence-corrected chi connectivity index (χ2v) is 7.05. The molecule has 2 rings (SSSR count). The van der Waals surface area contributed by atoms with Crippen LogP contribution in [0.1, 0.15) is 78.1 Å². The van der Waals surface area contributed by atoms with E-state index in [-0.39, 0.29) is 0 Å². The van der Waals surface area contributed by atoms with Gasteiger partial charge in [-0.25, -0.2) is 0 Å². The Morgan fingerprint density at radius 1 is 1.00 bits per heavy atom. The van der Waals surface area contributed by atoms with E-state index in [0.717, 1.165) is 24.0 Å². The van der Waals surface area contributed by atoms with Gasteiger partial charge in [-0.2, -0.15) is 0 Å². The van der Waals surface area contributed by atoms with Gasteiger partial charge in [-0.15, -0.1) is 0 Å². The predicted octanol–water partition coefficient (Wildman–Crippen LogP) is 4.20. The highest BCUT2D eigenvalue weighted by Gasteiger charge is 2.35. The van der Waals surface area contributed by atoms with Crippen molar-refractivity contribution in [2.75, 3.05) is 13.6 Å². The Bertz CT molecular complexity index is 260. The summed E-state index contributed by atoms with van der Waals surface area (Å²) >= 11 is 0. The molecule has 0 aromatic heterocycles. The van der Waals surface area contributed by atoms with Gasteiger partial charge in [-0.3, -0.25) is 4.90 Å². The molecule has 0 aromatic rings. The minimum absolute atomic E-state index is 0.727. The van der Waals surface area contributed by atoms with Crippen LogP contribution in [0.2, 0.25) is 0 Å². The molecule has 2 nitrogen and oxygen atoms in total. The van der Waals surface area contributed by atoms with Gasteiger partial charge in [0.2, 0.25) is 0 Å². The van der Waals surface area contributed by atoms with Crippen molar-refractivity contribution in [2.24, 2.45) is 5.92 Å². The van der Waals surface area contributed by atoms with Crippen molar-refractivity contribution in [3.63, 3.8) is 0 Å². The summed E-state index contributed by atoms with van der Waals surface area (Å²) in [6.45, 7) is 5.97. The topological polar surface area (TPSA) is 15.3 Å². The van der Waals surface area contributed by atoms with E-state index in [1.807, 2.05) is 0 Å². The summed E-state index contributed by atoms with van der Waals surface area (Å²) in [7, 11) is 2.17. The maximum atomic E-state index is 3.63. The van der Waals surface area contributed by atoms with Crippen LogP contribution in [-0.2, 0) is 0 Å². The van der Waals surface area contributed by atoms with Crippen LogP contribution in [0, 0.1) is 5.92 Å². The number of rotatable bonds is 6. The molecule has 2 aliphatic carbocycles. The van der Waals surface area contributed by atoms with Crippen LogP contribution in [0.4, 0.5) is 0 Å². The van der Waals surface area contributed by atoms with Gasteiger partial charge in [0.1, 0.15) is 0 Å². The van der Waals surface area contributed by atoms with Gasteiger partial charge in [0.15, 0.2) is 0 Å². The average molecular weight is 280 g/mol. The fraction of sp³-hybridized carbons (Fsp3) is 1.00. The lowest BCUT2D eigenvalue weighted by molar-refractivity contribution is 0.0490. The number of nitrogens with zero attached hydrogens (tertiary/aromatic N) is 1. The van der Waals surface area contributed by atoms with Crippen molar-refractivity contribution in [2.45, 2.75) is 96.2 Å². The third-order valence-corrected chi connectivity index (χ3v) is 5.83. The molecule has 1 N–H and O–H groups in total. The standard InChI is InChI=1S/C18H36N2/c1-4-9-15-12-13-17(19-3)18(14-15)20(5-2)16-10-7-6-8-11-16/h15-19H,4-14H2,1-3H3. The molecule has 0 bridgehead atoms. The Hall–Kier alpha value is -0.0800. The summed E-state index contributed by atoms with van der Waals surface area (Å²) < 4.78 is 0. The Balaban J connectivity index is 2.02. The van der Waals surface area contributed by atoms with E-state index < -0.39 is 0 Å². The van der Waals surface area contributed by atoms with Crippen LogP contribution in [0.15, 0.2) is 0 Å². The minimum atomic E-state index is 0.727. The molecular formula is C18H36N2. The molecule has 0 heterocycles. The zero-order chi connectivity index (χ0) is 14.4. The van der Waals surface area contributed by atoms with Crippen LogP contribution in [0.25, 0.3) is 0 Å². The molecule has 0 aliphatic heterocycles. The molecule has 3 unspecified atom stereocenters. The number of hydrogen-bond donors (Lipinski definition) is 1. The van der Waals surface area contributed by atoms with Gasteiger partial charge in [0.05, 0.1) is 0 Å². The molecular weight excluding hydrogens is 244 g/mol. The highest BCUT2D eigenvalue weighted by atomic mass is 15.2. The van der Waals surface area contributed by atoms with Crippen molar-refractivity contribution in [1.82, 2.24) is 10.2 Å². The van der Waals surface area contributed by atoms with Gasteiger partial charge in [-0.1, -0.05) is 46.0 Å². The summed E-state index contributed by atoms with van der Waals surface area (Å²) in [6.07, 6.45) is 14.3. The first-order valence-electron chi connectivity index (χ1n) is 9.23. The summed E-state index contributed by atoms with van der Waals surface area (Å²) in [5, 5.41) is 3.63. The predicted molar refractivity (Wildman–Crippen MR) is 88.1 cm³/mol. The second-order valence-electron chi connectivity index (χ2n) is 7.05. The van der Waals surface area contributed by atoms with Crippen molar-refractivity contribution < 1.29 is 0 Å². The van der Waals surface area contributed by atoms with Gasteiger partial charge >= 0.3 is 0 Å². The van der Waals surface area contributed by atoms with Crippen molar-refractivity contribution >= 4 is 0 Å². The van der Waals surface area contributed by atoms with E-state index in [1.54, 1.807) is 0 Å². The van der Waals surface area contributed by atoms with Crippen LogP contribution < -0.4 is 5.32 Å². The van der Waals surface area contributed by atoms with Crippen LogP contribution in [-0.4, -0.2) is 36.6 Å². The van der Waals surface area contributed by atoms with E-state index in [0.29, 0.717) is 0 Å². The Kier molecular flexibility index (Phi) is 6.83. The van der Waals surface area contributed by atoms with E-state index in [4.69, 9.17) is 0 Å². The maximum absolute atomic E-state index is 3.63. The number of nitrogens with one attached hydrogen (secondary N) is 1. The maximum Gasteiger partial charge on any atom is 0.0254 e. The first kappa shape index (κ1) is 16.3. The molecule has 2 saturated carbocycles. The SMILES string of the molecule is CCCC1CCC(NC)C(N(CC)C2CCCCC2)C1. The lowest BCUT2D eigenvalue weighted by Crippen LogP contribution is -2.55. The molecule has 2 fully saturated rings. The zero-order valence-corrected chi connectivity index (χ0v) is 14.0. The first-order chi connectivity index (χ1) is 9.80. The monoisotopic (exact) mass is 280 g/mol. The summed E-state index contributed by atoms with van der Waals surface area (Å²) in [5.41, 5.74) is 0. The Morgan fingerprint density at radius 3 is 2.35 bits per heavy atom. The number of likely N-dealkylation sites (N-methyl/N-ethyl adjacent to an activating group) is 2. The smallest absolute Gasteiger partial charge is 0.0254 e. The molecule has 3 atom stereocenters.